The SMILES string of the molecule is Cc1ccccc1C(N=C=O)(N=C=O)N=C=O. The summed E-state index contributed by atoms with van der Waals surface area (Å²) < 4.78 is 0. The molecule has 1 aromatic rings. The fourth-order valence-electron chi connectivity index (χ4n) is 1.40. The Bertz CT molecular complexity index is 518. The molecule has 0 fully saturated rings. The van der Waals surface area contributed by atoms with E-state index >= 15 is 0 Å². The molecule has 0 heterocycles. The largest absolute Gasteiger partial charge is 0.303 e. The topological polar surface area (TPSA) is 88.3 Å². The van der Waals surface area contributed by atoms with Crippen LogP contribution in [0, 0.1) is 6.92 Å². The Labute approximate surface area is 96.4 Å². The fraction of sp³-hybridized carbons (Fsp3) is 0.182. The van der Waals surface area contributed by atoms with E-state index in [0.717, 1.165) is 0 Å². The molecule has 0 amide bonds. The lowest BCUT2D eigenvalue weighted by Crippen LogP contribution is -2.19. The maximum atomic E-state index is 10.4. The quantitative estimate of drug-likeness (QED) is 0.572. The number of hydrogen-bond donors (Lipinski definition) is 0. The van der Waals surface area contributed by atoms with Crippen molar-refractivity contribution in [2.75, 3.05) is 0 Å². The van der Waals surface area contributed by atoms with Gasteiger partial charge in [0.15, 0.2) is 0 Å². The first-order valence-corrected chi connectivity index (χ1v) is 4.53. The smallest absolute Gasteiger partial charge is 0.211 e. The van der Waals surface area contributed by atoms with Gasteiger partial charge in [-0.2, -0.15) is 0 Å². The monoisotopic (exact) mass is 229 g/mol. The van der Waals surface area contributed by atoms with Gasteiger partial charge in [-0.25, -0.2) is 14.4 Å². The van der Waals surface area contributed by atoms with Crippen LogP contribution in [0.3, 0.4) is 0 Å². The molecule has 0 spiro atoms. The Morgan fingerprint density at radius 3 is 1.82 bits per heavy atom. The molecule has 0 bridgehead atoms. The van der Waals surface area contributed by atoms with Crippen LogP contribution < -0.4 is 0 Å². The summed E-state index contributed by atoms with van der Waals surface area (Å²) in [6, 6.07) is 6.62. The summed E-state index contributed by atoms with van der Waals surface area (Å²) in [6.45, 7) is 1.70. The lowest BCUT2D eigenvalue weighted by atomic mass is 10.0. The Balaban J connectivity index is 3.63. The highest BCUT2D eigenvalue weighted by Crippen LogP contribution is 2.30. The highest BCUT2D eigenvalue weighted by molar-refractivity contribution is 5.47. The molecular formula is C11H7N3O3. The number of carbonyl (C=O) groups excluding carboxylic acids is 3. The number of benzene rings is 1. The van der Waals surface area contributed by atoms with Crippen molar-refractivity contribution in [3.05, 3.63) is 35.4 Å². The summed E-state index contributed by atoms with van der Waals surface area (Å²) in [5.41, 5.74) is 0.972. The van der Waals surface area contributed by atoms with Gasteiger partial charge in [0.2, 0.25) is 18.2 Å². The number of hydrogen-bond acceptors (Lipinski definition) is 6. The molecule has 0 N–H and O–H groups in total. The second-order valence-corrected chi connectivity index (χ2v) is 3.06. The number of aliphatic imine (C=N–C) groups is 3. The molecule has 17 heavy (non-hydrogen) atoms. The van der Waals surface area contributed by atoms with Crippen molar-refractivity contribution < 1.29 is 14.4 Å². The van der Waals surface area contributed by atoms with Crippen LogP contribution in [0.4, 0.5) is 0 Å². The van der Waals surface area contributed by atoms with Crippen molar-refractivity contribution >= 4 is 18.2 Å². The van der Waals surface area contributed by atoms with Gasteiger partial charge in [0, 0.05) is 5.56 Å². The van der Waals surface area contributed by atoms with Crippen molar-refractivity contribution in [3.63, 3.8) is 0 Å². The summed E-state index contributed by atoms with van der Waals surface area (Å²) in [5, 5.41) is 0. The number of isocyanates is 3. The molecular weight excluding hydrogens is 222 g/mol. The Morgan fingerprint density at radius 1 is 0.941 bits per heavy atom. The van der Waals surface area contributed by atoms with Crippen LogP contribution in [-0.4, -0.2) is 18.2 Å². The minimum absolute atomic E-state index is 0.315. The van der Waals surface area contributed by atoms with Gasteiger partial charge in [-0.3, -0.25) is 0 Å². The van der Waals surface area contributed by atoms with E-state index < -0.39 is 5.79 Å². The molecule has 0 saturated carbocycles. The highest BCUT2D eigenvalue weighted by atomic mass is 16.1. The molecule has 0 aliphatic heterocycles. The van der Waals surface area contributed by atoms with Crippen molar-refractivity contribution in [1.29, 1.82) is 0 Å². The Morgan fingerprint density at radius 2 is 1.41 bits per heavy atom. The minimum atomic E-state index is -1.96. The van der Waals surface area contributed by atoms with Gasteiger partial charge in [0.1, 0.15) is 0 Å². The van der Waals surface area contributed by atoms with Crippen LogP contribution in [0.5, 0.6) is 0 Å². The van der Waals surface area contributed by atoms with Gasteiger partial charge in [0.05, 0.1) is 0 Å². The molecule has 0 radical (unpaired) electrons. The molecule has 0 unspecified atom stereocenters. The van der Waals surface area contributed by atoms with E-state index in [9.17, 15) is 14.4 Å². The third-order valence-electron chi connectivity index (χ3n) is 2.11. The van der Waals surface area contributed by atoms with E-state index in [1.165, 1.54) is 24.3 Å². The first-order chi connectivity index (χ1) is 8.20. The molecule has 1 aromatic carbocycles. The van der Waals surface area contributed by atoms with Gasteiger partial charge in [0.25, 0.3) is 0 Å². The van der Waals surface area contributed by atoms with Crippen molar-refractivity contribution in [2.24, 2.45) is 15.0 Å². The molecule has 0 atom stereocenters. The Kier molecular flexibility index (Phi) is 3.98. The number of nitrogens with zero attached hydrogens (tertiary/aromatic N) is 3. The van der Waals surface area contributed by atoms with Crippen molar-refractivity contribution in [1.82, 2.24) is 0 Å². The number of aryl methyl sites for hydroxylation is 1. The average molecular weight is 229 g/mol. The molecule has 1 rings (SSSR count). The predicted molar refractivity (Wildman–Crippen MR) is 57.2 cm³/mol. The zero-order valence-corrected chi connectivity index (χ0v) is 8.88. The summed E-state index contributed by atoms with van der Waals surface area (Å²) >= 11 is 0. The van der Waals surface area contributed by atoms with Crippen LogP contribution in [0.15, 0.2) is 39.2 Å². The minimum Gasteiger partial charge on any atom is -0.211 e. The fourth-order valence-corrected chi connectivity index (χ4v) is 1.40. The molecule has 0 aromatic heterocycles. The summed E-state index contributed by atoms with van der Waals surface area (Å²) in [5.74, 6) is -1.96. The maximum absolute atomic E-state index is 10.4. The number of rotatable bonds is 4. The second-order valence-electron chi connectivity index (χ2n) is 3.06. The van der Waals surface area contributed by atoms with Crippen LogP contribution in [0.25, 0.3) is 0 Å². The molecule has 0 saturated heterocycles. The lowest BCUT2D eigenvalue weighted by molar-refractivity contribution is 0.464. The predicted octanol–water partition coefficient (Wildman–Crippen LogP) is 1.11. The van der Waals surface area contributed by atoms with E-state index in [1.807, 2.05) is 0 Å². The first kappa shape index (κ1) is 12.4. The molecule has 0 aliphatic rings. The normalized spacial score (nSPS) is 12.3. The van der Waals surface area contributed by atoms with E-state index in [2.05, 4.69) is 15.0 Å². The van der Waals surface area contributed by atoms with Crippen LogP contribution in [0.1, 0.15) is 11.1 Å². The van der Waals surface area contributed by atoms with Gasteiger partial charge in [-0.15, -0.1) is 15.0 Å². The zero-order valence-electron chi connectivity index (χ0n) is 8.88. The van der Waals surface area contributed by atoms with Crippen molar-refractivity contribution in [3.8, 4) is 0 Å². The van der Waals surface area contributed by atoms with E-state index in [1.54, 1.807) is 25.1 Å². The van der Waals surface area contributed by atoms with Crippen molar-refractivity contribution in [2.45, 2.75) is 12.7 Å². The molecule has 6 nitrogen and oxygen atoms in total. The van der Waals surface area contributed by atoms with Crippen LogP contribution in [-0.2, 0) is 20.2 Å². The zero-order chi connectivity index (χ0) is 12.7. The average Bonchev–Trinajstić information content (AvgIpc) is 2.30. The molecule has 84 valence electrons. The summed E-state index contributed by atoms with van der Waals surface area (Å²) in [6.07, 6.45) is 3.70. The van der Waals surface area contributed by atoms with Gasteiger partial charge in [-0.1, -0.05) is 24.3 Å². The maximum Gasteiger partial charge on any atom is 0.303 e. The van der Waals surface area contributed by atoms with Gasteiger partial charge in [-0.05, 0) is 12.5 Å². The third-order valence-corrected chi connectivity index (χ3v) is 2.11. The summed E-state index contributed by atoms with van der Waals surface area (Å²) in [7, 11) is 0. The van der Waals surface area contributed by atoms with Crippen LogP contribution >= 0.6 is 0 Å². The van der Waals surface area contributed by atoms with Gasteiger partial charge < -0.3 is 0 Å². The Hall–Kier alpha value is -2.64. The van der Waals surface area contributed by atoms with E-state index in [0.29, 0.717) is 11.1 Å². The second kappa shape index (κ2) is 5.45. The molecule has 6 heteroatoms. The summed E-state index contributed by atoms with van der Waals surface area (Å²) in [4.78, 5) is 41.1. The molecule has 0 aliphatic carbocycles. The third kappa shape index (κ3) is 2.48. The van der Waals surface area contributed by atoms with Gasteiger partial charge >= 0.3 is 5.79 Å². The highest BCUT2D eigenvalue weighted by Gasteiger charge is 2.33. The van der Waals surface area contributed by atoms with E-state index in [-0.39, 0.29) is 0 Å². The van der Waals surface area contributed by atoms with E-state index in [4.69, 9.17) is 0 Å². The standard InChI is InChI=1S/C11H7N3O3/c1-9-4-2-3-5-10(9)11(12-6-15,13-7-16)14-8-17/h2-5H,1H3. The lowest BCUT2D eigenvalue weighted by Gasteiger charge is -2.17. The first-order valence-electron chi connectivity index (χ1n) is 4.53. The van der Waals surface area contributed by atoms with Crippen LogP contribution in [0.2, 0.25) is 0 Å².